The Hall–Kier alpha value is -1.88. The molecule has 0 saturated heterocycles. The summed E-state index contributed by atoms with van der Waals surface area (Å²) >= 11 is 3.49. The van der Waals surface area contributed by atoms with Gasteiger partial charge in [-0.15, -0.1) is 0 Å². The minimum absolute atomic E-state index is 0.599. The Bertz CT molecular complexity index is 645. The first-order valence-electron chi connectivity index (χ1n) is 6.72. The molecule has 0 radical (unpaired) electrons. The number of ether oxygens (including phenoxy) is 3. The Morgan fingerprint density at radius 1 is 1.10 bits per heavy atom. The number of hydrogen-bond donors (Lipinski definition) is 1. The van der Waals surface area contributed by atoms with E-state index in [1.807, 2.05) is 36.4 Å². The van der Waals surface area contributed by atoms with Gasteiger partial charge in [-0.05, 0) is 45.8 Å². The summed E-state index contributed by atoms with van der Waals surface area (Å²) in [5.41, 5.74) is 2.17. The van der Waals surface area contributed by atoms with Crippen LogP contribution in [0.1, 0.15) is 5.56 Å². The first-order chi connectivity index (χ1) is 10.3. The Morgan fingerprint density at radius 2 is 1.90 bits per heavy atom. The molecule has 2 aromatic rings. The van der Waals surface area contributed by atoms with Gasteiger partial charge in [0.1, 0.15) is 19.0 Å². The maximum atomic E-state index is 5.58. The first kappa shape index (κ1) is 14.1. The van der Waals surface area contributed by atoms with Gasteiger partial charge in [0.05, 0.1) is 11.6 Å². The molecule has 2 aromatic carbocycles. The van der Waals surface area contributed by atoms with E-state index in [4.69, 9.17) is 14.2 Å². The van der Waals surface area contributed by atoms with Crippen molar-refractivity contribution in [3.8, 4) is 17.2 Å². The van der Waals surface area contributed by atoms with E-state index in [-0.39, 0.29) is 0 Å². The standard InChI is InChI=1S/C16H16BrNO3/c1-19-14-4-2-11(8-13(14)17)10-18-12-3-5-15-16(9-12)21-7-6-20-15/h2-5,8-9,18H,6-7,10H2,1H3. The number of hydrogen-bond acceptors (Lipinski definition) is 4. The maximum absolute atomic E-state index is 5.58. The van der Waals surface area contributed by atoms with Crippen LogP contribution < -0.4 is 19.5 Å². The molecule has 0 spiro atoms. The number of halogens is 1. The molecule has 4 nitrogen and oxygen atoms in total. The average molecular weight is 350 g/mol. The summed E-state index contributed by atoms with van der Waals surface area (Å²) < 4.78 is 17.3. The van der Waals surface area contributed by atoms with Crippen LogP contribution in [0.3, 0.4) is 0 Å². The van der Waals surface area contributed by atoms with E-state index >= 15 is 0 Å². The van der Waals surface area contributed by atoms with Crippen LogP contribution in [0.15, 0.2) is 40.9 Å². The van der Waals surface area contributed by atoms with Crippen molar-refractivity contribution < 1.29 is 14.2 Å². The second-order valence-electron chi connectivity index (χ2n) is 4.68. The van der Waals surface area contributed by atoms with Gasteiger partial charge >= 0.3 is 0 Å². The second kappa shape index (κ2) is 6.26. The first-order valence-corrected chi connectivity index (χ1v) is 7.51. The van der Waals surface area contributed by atoms with Crippen LogP contribution in [0.25, 0.3) is 0 Å². The zero-order valence-corrected chi connectivity index (χ0v) is 13.3. The summed E-state index contributed by atoms with van der Waals surface area (Å²) in [7, 11) is 1.66. The Kier molecular flexibility index (Phi) is 4.20. The summed E-state index contributed by atoms with van der Waals surface area (Å²) in [6.45, 7) is 1.93. The van der Waals surface area contributed by atoms with E-state index < -0.39 is 0 Å². The van der Waals surface area contributed by atoms with Crippen molar-refractivity contribution >= 4 is 21.6 Å². The number of fused-ring (bicyclic) bond motifs is 1. The number of anilines is 1. The molecule has 0 aromatic heterocycles. The molecule has 0 unspecified atom stereocenters. The SMILES string of the molecule is COc1ccc(CNc2ccc3c(c2)OCCO3)cc1Br. The zero-order valence-electron chi connectivity index (χ0n) is 11.7. The van der Waals surface area contributed by atoms with Crippen LogP contribution in [0.2, 0.25) is 0 Å². The van der Waals surface area contributed by atoms with Crippen LogP contribution in [-0.4, -0.2) is 20.3 Å². The summed E-state index contributed by atoms with van der Waals surface area (Å²) in [5, 5.41) is 3.38. The molecule has 1 N–H and O–H groups in total. The van der Waals surface area contributed by atoms with Crippen LogP contribution in [0.4, 0.5) is 5.69 Å². The third-order valence-electron chi connectivity index (χ3n) is 3.26. The van der Waals surface area contributed by atoms with Crippen molar-refractivity contribution in [2.24, 2.45) is 0 Å². The molecule has 0 amide bonds. The van der Waals surface area contributed by atoms with E-state index in [1.54, 1.807) is 7.11 Å². The highest BCUT2D eigenvalue weighted by Crippen LogP contribution is 2.33. The fourth-order valence-corrected chi connectivity index (χ4v) is 2.77. The van der Waals surface area contributed by atoms with E-state index in [2.05, 4.69) is 21.2 Å². The second-order valence-corrected chi connectivity index (χ2v) is 5.54. The Morgan fingerprint density at radius 3 is 2.67 bits per heavy atom. The molecule has 1 aliphatic rings. The smallest absolute Gasteiger partial charge is 0.163 e. The number of benzene rings is 2. The van der Waals surface area contributed by atoms with Gasteiger partial charge in [0, 0.05) is 18.3 Å². The molecule has 110 valence electrons. The van der Waals surface area contributed by atoms with Crippen molar-refractivity contribution in [2.75, 3.05) is 25.6 Å². The number of methoxy groups -OCH3 is 1. The van der Waals surface area contributed by atoms with Gasteiger partial charge in [0.2, 0.25) is 0 Å². The monoisotopic (exact) mass is 349 g/mol. The number of nitrogens with one attached hydrogen (secondary N) is 1. The molecular weight excluding hydrogens is 334 g/mol. The van der Waals surface area contributed by atoms with Crippen LogP contribution in [0, 0.1) is 0 Å². The van der Waals surface area contributed by atoms with E-state index in [0.29, 0.717) is 13.2 Å². The largest absolute Gasteiger partial charge is 0.496 e. The van der Waals surface area contributed by atoms with Crippen molar-refractivity contribution in [1.29, 1.82) is 0 Å². The van der Waals surface area contributed by atoms with E-state index in [0.717, 1.165) is 39.5 Å². The summed E-state index contributed by atoms with van der Waals surface area (Å²) in [4.78, 5) is 0. The van der Waals surface area contributed by atoms with Gasteiger partial charge in [0.25, 0.3) is 0 Å². The van der Waals surface area contributed by atoms with E-state index in [9.17, 15) is 0 Å². The van der Waals surface area contributed by atoms with Gasteiger partial charge in [0.15, 0.2) is 11.5 Å². The molecule has 0 bridgehead atoms. The third kappa shape index (κ3) is 3.24. The fraction of sp³-hybridized carbons (Fsp3) is 0.250. The summed E-state index contributed by atoms with van der Waals surface area (Å²) in [6, 6.07) is 11.9. The van der Waals surface area contributed by atoms with Crippen molar-refractivity contribution in [3.63, 3.8) is 0 Å². The van der Waals surface area contributed by atoms with Crippen molar-refractivity contribution in [3.05, 3.63) is 46.4 Å². The maximum Gasteiger partial charge on any atom is 0.163 e. The fourth-order valence-electron chi connectivity index (χ4n) is 2.18. The lowest BCUT2D eigenvalue weighted by atomic mass is 10.2. The highest BCUT2D eigenvalue weighted by Gasteiger charge is 2.11. The van der Waals surface area contributed by atoms with Gasteiger partial charge in [-0.1, -0.05) is 6.07 Å². The van der Waals surface area contributed by atoms with Gasteiger partial charge in [-0.2, -0.15) is 0 Å². The predicted molar refractivity (Wildman–Crippen MR) is 85.5 cm³/mol. The van der Waals surface area contributed by atoms with Gasteiger partial charge in [-0.25, -0.2) is 0 Å². The topological polar surface area (TPSA) is 39.7 Å². The quantitative estimate of drug-likeness (QED) is 0.910. The molecule has 1 heterocycles. The lowest BCUT2D eigenvalue weighted by Gasteiger charge is -2.19. The third-order valence-corrected chi connectivity index (χ3v) is 3.87. The predicted octanol–water partition coefficient (Wildman–Crippen LogP) is 3.84. The molecular formula is C16H16BrNO3. The molecule has 0 fully saturated rings. The molecule has 0 atom stereocenters. The minimum Gasteiger partial charge on any atom is -0.496 e. The Labute approximate surface area is 132 Å². The van der Waals surface area contributed by atoms with Crippen LogP contribution in [0.5, 0.6) is 17.2 Å². The highest BCUT2D eigenvalue weighted by molar-refractivity contribution is 9.10. The van der Waals surface area contributed by atoms with Gasteiger partial charge in [-0.3, -0.25) is 0 Å². The lowest BCUT2D eigenvalue weighted by Crippen LogP contribution is -2.15. The minimum atomic E-state index is 0.599. The number of rotatable bonds is 4. The van der Waals surface area contributed by atoms with Crippen molar-refractivity contribution in [2.45, 2.75) is 6.54 Å². The van der Waals surface area contributed by atoms with Gasteiger partial charge < -0.3 is 19.5 Å². The highest BCUT2D eigenvalue weighted by atomic mass is 79.9. The average Bonchev–Trinajstić information content (AvgIpc) is 2.53. The normalized spacial score (nSPS) is 12.9. The van der Waals surface area contributed by atoms with Crippen molar-refractivity contribution in [1.82, 2.24) is 0 Å². The molecule has 0 aliphatic carbocycles. The van der Waals surface area contributed by atoms with Crippen LogP contribution in [-0.2, 0) is 6.54 Å². The summed E-state index contributed by atoms with van der Waals surface area (Å²) in [6.07, 6.45) is 0. The van der Waals surface area contributed by atoms with E-state index in [1.165, 1.54) is 0 Å². The molecule has 1 aliphatic heterocycles. The zero-order chi connectivity index (χ0) is 14.7. The molecule has 3 rings (SSSR count). The summed E-state index contributed by atoms with van der Waals surface area (Å²) in [5.74, 6) is 2.43. The Balaban J connectivity index is 1.68. The van der Waals surface area contributed by atoms with Crippen LogP contribution >= 0.6 is 15.9 Å². The molecule has 5 heteroatoms. The molecule has 21 heavy (non-hydrogen) atoms. The molecule has 0 saturated carbocycles. The lowest BCUT2D eigenvalue weighted by molar-refractivity contribution is 0.171.